The molecule has 0 spiro atoms. The van der Waals surface area contributed by atoms with E-state index < -0.39 is 0 Å². The molecule has 0 atom stereocenters. The van der Waals surface area contributed by atoms with Gasteiger partial charge in [0, 0.05) is 28.7 Å². The van der Waals surface area contributed by atoms with E-state index in [4.69, 9.17) is 9.47 Å². The Morgan fingerprint density at radius 1 is 1.17 bits per heavy atom. The Morgan fingerprint density at radius 2 is 2.00 bits per heavy atom. The summed E-state index contributed by atoms with van der Waals surface area (Å²) in [7, 11) is 3.33. The predicted octanol–water partition coefficient (Wildman–Crippen LogP) is 3.69. The van der Waals surface area contributed by atoms with Gasteiger partial charge in [-0.3, -0.25) is 0 Å². The normalized spacial score (nSPS) is 10.2. The predicted molar refractivity (Wildman–Crippen MR) is 75.9 cm³/mol. The van der Waals surface area contributed by atoms with Gasteiger partial charge in [0.05, 0.1) is 14.2 Å². The van der Waals surface area contributed by atoms with Crippen LogP contribution in [0.1, 0.15) is 10.4 Å². The highest BCUT2D eigenvalue weighted by Crippen LogP contribution is 2.26. The van der Waals surface area contributed by atoms with Gasteiger partial charge in [0.1, 0.15) is 11.5 Å². The lowest BCUT2D eigenvalue weighted by Crippen LogP contribution is -2.02. The van der Waals surface area contributed by atoms with Crippen molar-refractivity contribution in [1.82, 2.24) is 0 Å². The Morgan fingerprint density at radius 3 is 2.61 bits per heavy atom. The lowest BCUT2D eigenvalue weighted by Gasteiger charge is -2.11. The molecule has 0 saturated carbocycles. The Bertz CT molecular complexity index is 522. The fraction of sp³-hybridized carbons (Fsp3) is 0.286. The monoisotopic (exact) mass is 263 g/mol. The zero-order valence-corrected chi connectivity index (χ0v) is 11.6. The van der Waals surface area contributed by atoms with Gasteiger partial charge in [0.2, 0.25) is 0 Å². The fourth-order valence-corrected chi connectivity index (χ4v) is 2.43. The molecule has 0 fully saturated rings. The molecule has 0 aliphatic heterocycles. The third-order valence-electron chi connectivity index (χ3n) is 2.82. The standard InChI is InChI=1S/C14H17NO2S/c1-10-13(6-7-18-10)15-9-11-4-5-12(16-2)8-14(11)17-3/h4-8,15H,9H2,1-3H3. The summed E-state index contributed by atoms with van der Waals surface area (Å²) >= 11 is 1.74. The zero-order chi connectivity index (χ0) is 13.0. The molecule has 96 valence electrons. The van der Waals surface area contributed by atoms with Crippen LogP contribution in [-0.2, 0) is 6.54 Å². The number of rotatable bonds is 5. The SMILES string of the molecule is COc1ccc(CNc2ccsc2C)c(OC)c1. The second-order valence-electron chi connectivity index (χ2n) is 3.92. The van der Waals surface area contributed by atoms with Gasteiger partial charge in [-0.2, -0.15) is 0 Å². The lowest BCUT2D eigenvalue weighted by atomic mass is 10.2. The molecule has 0 radical (unpaired) electrons. The number of benzene rings is 1. The van der Waals surface area contributed by atoms with E-state index in [1.807, 2.05) is 18.2 Å². The van der Waals surface area contributed by atoms with Crippen LogP contribution in [0.25, 0.3) is 0 Å². The average Bonchev–Trinajstić information content (AvgIpc) is 2.81. The summed E-state index contributed by atoms with van der Waals surface area (Å²) in [6.07, 6.45) is 0. The van der Waals surface area contributed by atoms with Gasteiger partial charge >= 0.3 is 0 Å². The van der Waals surface area contributed by atoms with Gasteiger partial charge < -0.3 is 14.8 Å². The molecule has 0 aliphatic carbocycles. The second kappa shape index (κ2) is 5.78. The van der Waals surface area contributed by atoms with Crippen LogP contribution in [0.15, 0.2) is 29.6 Å². The summed E-state index contributed by atoms with van der Waals surface area (Å²) in [5.41, 5.74) is 2.29. The smallest absolute Gasteiger partial charge is 0.127 e. The highest BCUT2D eigenvalue weighted by molar-refractivity contribution is 7.10. The van der Waals surface area contributed by atoms with E-state index in [0.29, 0.717) is 0 Å². The topological polar surface area (TPSA) is 30.5 Å². The number of ether oxygens (including phenoxy) is 2. The Hall–Kier alpha value is -1.68. The highest BCUT2D eigenvalue weighted by atomic mass is 32.1. The van der Waals surface area contributed by atoms with Gasteiger partial charge in [-0.1, -0.05) is 0 Å². The molecule has 0 unspecified atom stereocenters. The first-order valence-electron chi connectivity index (χ1n) is 5.73. The van der Waals surface area contributed by atoms with Gasteiger partial charge in [-0.25, -0.2) is 0 Å². The highest BCUT2D eigenvalue weighted by Gasteiger charge is 2.06. The number of aryl methyl sites for hydroxylation is 1. The molecule has 3 nitrogen and oxygen atoms in total. The minimum absolute atomic E-state index is 0.741. The number of hydrogen-bond donors (Lipinski definition) is 1. The molecule has 4 heteroatoms. The molecular formula is C14H17NO2S. The van der Waals surface area contributed by atoms with Crippen molar-refractivity contribution in [3.8, 4) is 11.5 Å². The molecule has 2 aromatic rings. The lowest BCUT2D eigenvalue weighted by molar-refractivity contribution is 0.391. The summed E-state index contributed by atoms with van der Waals surface area (Å²) in [4.78, 5) is 1.29. The molecule has 2 rings (SSSR count). The molecule has 0 aliphatic rings. The number of thiophene rings is 1. The minimum Gasteiger partial charge on any atom is -0.497 e. The van der Waals surface area contributed by atoms with E-state index in [2.05, 4.69) is 23.7 Å². The van der Waals surface area contributed by atoms with Crippen LogP contribution in [0.5, 0.6) is 11.5 Å². The van der Waals surface area contributed by atoms with E-state index >= 15 is 0 Å². The Balaban J connectivity index is 2.11. The minimum atomic E-state index is 0.741. The van der Waals surface area contributed by atoms with Crippen LogP contribution in [0.2, 0.25) is 0 Å². The first kappa shape index (κ1) is 12.8. The van der Waals surface area contributed by atoms with Crippen LogP contribution in [0, 0.1) is 6.92 Å². The maximum absolute atomic E-state index is 5.37. The maximum Gasteiger partial charge on any atom is 0.127 e. The first-order valence-corrected chi connectivity index (χ1v) is 6.61. The van der Waals surface area contributed by atoms with Gasteiger partial charge in [-0.05, 0) is 30.5 Å². The molecule has 0 saturated heterocycles. The molecule has 1 aromatic carbocycles. The summed E-state index contributed by atoms with van der Waals surface area (Å²) < 4.78 is 10.6. The third kappa shape index (κ3) is 2.76. The molecular weight excluding hydrogens is 246 g/mol. The molecule has 1 aromatic heterocycles. The largest absolute Gasteiger partial charge is 0.497 e. The Labute approximate surface area is 111 Å². The van der Waals surface area contributed by atoms with E-state index in [0.717, 1.165) is 23.6 Å². The zero-order valence-electron chi connectivity index (χ0n) is 10.8. The number of nitrogens with one attached hydrogen (secondary N) is 1. The summed E-state index contributed by atoms with van der Waals surface area (Å²) in [6.45, 7) is 2.85. The number of methoxy groups -OCH3 is 2. The van der Waals surface area contributed by atoms with Crippen LogP contribution in [0.4, 0.5) is 5.69 Å². The van der Waals surface area contributed by atoms with Crippen molar-refractivity contribution in [2.24, 2.45) is 0 Å². The molecule has 1 heterocycles. The van der Waals surface area contributed by atoms with E-state index in [-0.39, 0.29) is 0 Å². The fourth-order valence-electron chi connectivity index (χ4n) is 1.76. The molecule has 0 bridgehead atoms. The van der Waals surface area contributed by atoms with E-state index in [1.165, 1.54) is 10.6 Å². The van der Waals surface area contributed by atoms with Crippen molar-refractivity contribution in [2.45, 2.75) is 13.5 Å². The summed E-state index contributed by atoms with van der Waals surface area (Å²) in [5.74, 6) is 1.65. The van der Waals surface area contributed by atoms with Crippen LogP contribution in [0.3, 0.4) is 0 Å². The van der Waals surface area contributed by atoms with Crippen LogP contribution in [-0.4, -0.2) is 14.2 Å². The van der Waals surface area contributed by atoms with Gasteiger partial charge in [0.25, 0.3) is 0 Å². The van der Waals surface area contributed by atoms with Crippen molar-refractivity contribution in [1.29, 1.82) is 0 Å². The van der Waals surface area contributed by atoms with Crippen LogP contribution >= 0.6 is 11.3 Å². The van der Waals surface area contributed by atoms with Crippen LogP contribution < -0.4 is 14.8 Å². The quantitative estimate of drug-likeness (QED) is 0.892. The summed E-state index contributed by atoms with van der Waals surface area (Å²) in [5, 5.41) is 5.50. The van der Waals surface area contributed by atoms with Crippen molar-refractivity contribution in [2.75, 3.05) is 19.5 Å². The van der Waals surface area contributed by atoms with Crippen molar-refractivity contribution in [3.63, 3.8) is 0 Å². The average molecular weight is 263 g/mol. The first-order chi connectivity index (χ1) is 8.74. The Kier molecular flexibility index (Phi) is 4.10. The van der Waals surface area contributed by atoms with Crippen molar-refractivity contribution < 1.29 is 9.47 Å². The second-order valence-corrected chi connectivity index (χ2v) is 5.04. The van der Waals surface area contributed by atoms with Gasteiger partial charge in [0.15, 0.2) is 0 Å². The van der Waals surface area contributed by atoms with E-state index in [1.54, 1.807) is 25.6 Å². The van der Waals surface area contributed by atoms with E-state index in [9.17, 15) is 0 Å². The molecule has 1 N–H and O–H groups in total. The number of anilines is 1. The molecule has 0 amide bonds. The third-order valence-corrected chi connectivity index (χ3v) is 3.67. The van der Waals surface area contributed by atoms with Crippen molar-refractivity contribution >= 4 is 17.0 Å². The molecule has 18 heavy (non-hydrogen) atoms. The van der Waals surface area contributed by atoms with Gasteiger partial charge in [-0.15, -0.1) is 11.3 Å². The summed E-state index contributed by atoms with van der Waals surface area (Å²) in [6, 6.07) is 7.96. The number of hydrogen-bond acceptors (Lipinski definition) is 4. The van der Waals surface area contributed by atoms with Crippen molar-refractivity contribution in [3.05, 3.63) is 40.1 Å². The maximum atomic E-state index is 5.37.